The average Bonchev–Trinajstić information content (AvgIpc) is 2.73. The maximum Gasteiger partial charge on any atom is 0.243 e. The molecule has 1 aliphatic rings. The van der Waals surface area contributed by atoms with E-state index in [4.69, 9.17) is 10.00 Å². The van der Waals surface area contributed by atoms with Crippen LogP contribution in [0.2, 0.25) is 0 Å². The van der Waals surface area contributed by atoms with E-state index in [2.05, 4.69) is 5.32 Å². The summed E-state index contributed by atoms with van der Waals surface area (Å²) in [6.07, 6.45) is 1.21. The van der Waals surface area contributed by atoms with E-state index >= 15 is 0 Å². The lowest BCUT2D eigenvalue weighted by Crippen LogP contribution is -2.43. The number of nitrogens with one attached hydrogen (secondary N) is 1. The predicted molar refractivity (Wildman–Crippen MR) is 109 cm³/mol. The standard InChI is InChI=1S/C21H23N3O4S/c1-15-11-19(8-9-20(15)28-2)29(26,27)24-10-4-6-17(14-24)21(25)23-18-7-3-5-16(12-18)13-22/h3,5,7-9,11-12,17H,4,6,10,14H2,1-2H3,(H,23,25)/t17-/m0/s1. The summed E-state index contributed by atoms with van der Waals surface area (Å²) in [4.78, 5) is 12.9. The second kappa shape index (κ2) is 8.64. The summed E-state index contributed by atoms with van der Waals surface area (Å²) in [5.74, 6) is -0.0750. The van der Waals surface area contributed by atoms with Crippen molar-refractivity contribution in [2.24, 2.45) is 5.92 Å². The highest BCUT2D eigenvalue weighted by Crippen LogP contribution is 2.27. The number of carbonyl (C=O) groups is 1. The number of ether oxygens (including phenoxy) is 1. The van der Waals surface area contributed by atoms with E-state index in [1.165, 1.54) is 17.5 Å². The van der Waals surface area contributed by atoms with E-state index in [0.29, 0.717) is 36.4 Å². The summed E-state index contributed by atoms with van der Waals surface area (Å²) in [5, 5.41) is 11.8. The second-order valence-corrected chi connectivity index (χ2v) is 8.95. The summed E-state index contributed by atoms with van der Waals surface area (Å²) in [6, 6.07) is 13.4. The summed E-state index contributed by atoms with van der Waals surface area (Å²) in [6.45, 7) is 2.29. The Morgan fingerprint density at radius 3 is 2.76 bits per heavy atom. The number of piperidine rings is 1. The molecule has 1 aliphatic heterocycles. The van der Waals surface area contributed by atoms with E-state index in [1.54, 1.807) is 43.3 Å². The molecule has 1 saturated heterocycles. The van der Waals surface area contributed by atoms with Crippen LogP contribution in [-0.4, -0.2) is 38.8 Å². The molecule has 1 N–H and O–H groups in total. The molecule has 1 atom stereocenters. The van der Waals surface area contributed by atoms with E-state index < -0.39 is 15.9 Å². The first-order chi connectivity index (χ1) is 13.8. The minimum Gasteiger partial charge on any atom is -0.496 e. The number of rotatable bonds is 5. The van der Waals surface area contributed by atoms with Crippen molar-refractivity contribution in [3.63, 3.8) is 0 Å². The van der Waals surface area contributed by atoms with Crippen LogP contribution in [0.4, 0.5) is 5.69 Å². The van der Waals surface area contributed by atoms with E-state index in [1.807, 2.05) is 6.07 Å². The number of amides is 1. The number of methoxy groups -OCH3 is 1. The molecule has 1 amide bonds. The molecule has 8 heteroatoms. The first kappa shape index (κ1) is 20.8. The van der Waals surface area contributed by atoms with Crippen LogP contribution in [0.3, 0.4) is 0 Å². The lowest BCUT2D eigenvalue weighted by molar-refractivity contribution is -0.120. The molecule has 0 aromatic heterocycles. The monoisotopic (exact) mass is 413 g/mol. The van der Waals surface area contributed by atoms with Gasteiger partial charge in [-0.3, -0.25) is 4.79 Å². The number of aryl methyl sites for hydroxylation is 1. The minimum atomic E-state index is -3.70. The highest BCUT2D eigenvalue weighted by molar-refractivity contribution is 7.89. The molecule has 152 valence electrons. The zero-order valence-electron chi connectivity index (χ0n) is 16.4. The molecule has 0 unspecified atom stereocenters. The first-order valence-corrected chi connectivity index (χ1v) is 10.7. The number of nitrogens with zero attached hydrogens (tertiary/aromatic N) is 2. The van der Waals surface area contributed by atoms with Crippen LogP contribution in [0.5, 0.6) is 5.75 Å². The fourth-order valence-electron chi connectivity index (χ4n) is 3.45. The molecular weight excluding hydrogens is 390 g/mol. The van der Waals surface area contributed by atoms with Gasteiger partial charge >= 0.3 is 0 Å². The highest BCUT2D eigenvalue weighted by atomic mass is 32.2. The number of hydrogen-bond acceptors (Lipinski definition) is 5. The molecular formula is C21H23N3O4S. The lowest BCUT2D eigenvalue weighted by atomic mass is 9.98. The van der Waals surface area contributed by atoms with Crippen molar-refractivity contribution < 1.29 is 17.9 Å². The summed E-state index contributed by atoms with van der Waals surface area (Å²) >= 11 is 0. The van der Waals surface area contributed by atoms with Crippen molar-refractivity contribution in [3.8, 4) is 11.8 Å². The van der Waals surface area contributed by atoms with Crippen LogP contribution in [0.15, 0.2) is 47.4 Å². The highest BCUT2D eigenvalue weighted by Gasteiger charge is 2.33. The molecule has 1 heterocycles. The third kappa shape index (κ3) is 4.58. The number of benzene rings is 2. The van der Waals surface area contributed by atoms with Gasteiger partial charge in [-0.15, -0.1) is 0 Å². The summed E-state index contributed by atoms with van der Waals surface area (Å²) in [7, 11) is -2.17. The number of anilines is 1. The molecule has 7 nitrogen and oxygen atoms in total. The van der Waals surface area contributed by atoms with Crippen molar-refractivity contribution in [2.75, 3.05) is 25.5 Å². The van der Waals surface area contributed by atoms with Gasteiger partial charge in [0.1, 0.15) is 5.75 Å². The van der Waals surface area contributed by atoms with Gasteiger partial charge in [-0.2, -0.15) is 9.57 Å². The molecule has 0 radical (unpaired) electrons. The van der Waals surface area contributed by atoms with Gasteiger partial charge in [0.15, 0.2) is 0 Å². The Morgan fingerprint density at radius 1 is 1.28 bits per heavy atom. The smallest absolute Gasteiger partial charge is 0.243 e. The quantitative estimate of drug-likeness (QED) is 0.812. The van der Waals surface area contributed by atoms with Gasteiger partial charge in [-0.1, -0.05) is 6.07 Å². The third-order valence-corrected chi connectivity index (χ3v) is 6.88. The van der Waals surface area contributed by atoms with Crippen LogP contribution < -0.4 is 10.1 Å². The molecule has 3 rings (SSSR count). The Morgan fingerprint density at radius 2 is 2.07 bits per heavy atom. The second-order valence-electron chi connectivity index (χ2n) is 7.02. The Labute approximate surface area is 171 Å². The van der Waals surface area contributed by atoms with Crippen LogP contribution in [-0.2, 0) is 14.8 Å². The Bertz CT molecular complexity index is 1060. The van der Waals surface area contributed by atoms with E-state index in [-0.39, 0.29) is 17.3 Å². The molecule has 0 spiro atoms. The predicted octanol–water partition coefficient (Wildman–Crippen LogP) is 2.91. The maximum atomic E-state index is 13.1. The van der Waals surface area contributed by atoms with Crippen molar-refractivity contribution in [2.45, 2.75) is 24.7 Å². The van der Waals surface area contributed by atoms with Crippen molar-refractivity contribution in [3.05, 3.63) is 53.6 Å². The molecule has 0 aliphatic carbocycles. The van der Waals surface area contributed by atoms with Crippen LogP contribution >= 0.6 is 0 Å². The Kier molecular flexibility index (Phi) is 6.20. The third-order valence-electron chi connectivity index (χ3n) is 5.02. The molecule has 0 bridgehead atoms. The van der Waals surface area contributed by atoms with Crippen LogP contribution in [0.1, 0.15) is 24.0 Å². The fraction of sp³-hybridized carbons (Fsp3) is 0.333. The van der Waals surface area contributed by atoms with Crippen molar-refractivity contribution in [1.29, 1.82) is 5.26 Å². The molecule has 1 fully saturated rings. The molecule has 2 aromatic carbocycles. The fourth-order valence-corrected chi connectivity index (χ4v) is 5.06. The summed E-state index contributed by atoms with van der Waals surface area (Å²) in [5.41, 5.74) is 1.71. The zero-order valence-corrected chi connectivity index (χ0v) is 17.2. The lowest BCUT2D eigenvalue weighted by Gasteiger charge is -2.31. The Balaban J connectivity index is 1.74. The maximum absolute atomic E-state index is 13.1. The number of sulfonamides is 1. The van der Waals surface area contributed by atoms with Gasteiger partial charge in [-0.05, 0) is 61.7 Å². The van der Waals surface area contributed by atoms with Gasteiger partial charge in [0.25, 0.3) is 0 Å². The number of nitriles is 1. The minimum absolute atomic E-state index is 0.122. The van der Waals surface area contributed by atoms with Crippen LogP contribution in [0.25, 0.3) is 0 Å². The van der Waals surface area contributed by atoms with Crippen LogP contribution in [0, 0.1) is 24.2 Å². The zero-order chi connectivity index (χ0) is 21.0. The van der Waals surface area contributed by atoms with E-state index in [0.717, 1.165) is 5.56 Å². The average molecular weight is 413 g/mol. The van der Waals surface area contributed by atoms with Gasteiger partial charge < -0.3 is 10.1 Å². The molecule has 2 aromatic rings. The summed E-state index contributed by atoms with van der Waals surface area (Å²) < 4.78 is 32.7. The first-order valence-electron chi connectivity index (χ1n) is 9.31. The molecule has 29 heavy (non-hydrogen) atoms. The van der Waals surface area contributed by atoms with Gasteiger partial charge in [0, 0.05) is 18.8 Å². The molecule has 0 saturated carbocycles. The van der Waals surface area contributed by atoms with Crippen molar-refractivity contribution in [1.82, 2.24) is 4.31 Å². The SMILES string of the molecule is COc1ccc(S(=O)(=O)N2CCC[C@H](C(=O)Nc3cccc(C#N)c3)C2)cc1C. The normalized spacial score (nSPS) is 17.3. The topological polar surface area (TPSA) is 99.5 Å². The largest absolute Gasteiger partial charge is 0.496 e. The van der Waals surface area contributed by atoms with Gasteiger partial charge in [0.2, 0.25) is 15.9 Å². The van der Waals surface area contributed by atoms with Gasteiger partial charge in [-0.25, -0.2) is 8.42 Å². The number of hydrogen-bond donors (Lipinski definition) is 1. The number of carbonyl (C=O) groups excluding carboxylic acids is 1. The van der Waals surface area contributed by atoms with E-state index in [9.17, 15) is 13.2 Å². The Hall–Kier alpha value is -2.89. The van der Waals surface area contributed by atoms with Crippen molar-refractivity contribution >= 4 is 21.6 Å². The van der Waals surface area contributed by atoms with Gasteiger partial charge in [0.05, 0.1) is 29.6 Å².